The fourth-order valence-corrected chi connectivity index (χ4v) is 2.63. The third-order valence-corrected chi connectivity index (χ3v) is 3.68. The fraction of sp³-hybridized carbons (Fsp3) is 0.625. The summed E-state index contributed by atoms with van der Waals surface area (Å²) in [4.78, 5) is 0. The lowest BCUT2D eigenvalue weighted by Crippen LogP contribution is -2.21. The van der Waals surface area contributed by atoms with Crippen LogP contribution in [0.5, 0.6) is 0 Å². The van der Waals surface area contributed by atoms with Crippen molar-refractivity contribution >= 4 is 0 Å². The molecule has 18 heavy (non-hydrogen) atoms. The lowest BCUT2D eigenvalue weighted by molar-refractivity contribution is 0.00718. The smallest absolute Gasteiger partial charge is 0.0819 e. The van der Waals surface area contributed by atoms with E-state index in [2.05, 4.69) is 38.1 Å². The third-order valence-electron chi connectivity index (χ3n) is 3.68. The Morgan fingerprint density at radius 1 is 1.17 bits per heavy atom. The quantitative estimate of drug-likeness (QED) is 0.885. The van der Waals surface area contributed by atoms with Crippen molar-refractivity contribution in [1.29, 1.82) is 0 Å². The molecule has 0 aliphatic carbocycles. The predicted octanol–water partition coefficient (Wildman–Crippen LogP) is 3.35. The molecule has 1 atom stereocenters. The molecule has 0 radical (unpaired) electrons. The first-order valence-corrected chi connectivity index (χ1v) is 7.01. The number of rotatable bonds is 4. The molecule has 2 rings (SSSR count). The summed E-state index contributed by atoms with van der Waals surface area (Å²) in [5.74, 6) is 1.03. The Morgan fingerprint density at radius 3 is 2.33 bits per heavy atom. The Morgan fingerprint density at radius 2 is 1.78 bits per heavy atom. The predicted molar refractivity (Wildman–Crippen MR) is 73.5 cm³/mol. The summed E-state index contributed by atoms with van der Waals surface area (Å²) in [6.07, 6.45) is 2.71. The van der Waals surface area contributed by atoms with Crippen molar-refractivity contribution in [2.75, 3.05) is 13.2 Å². The molecule has 0 aromatic heterocycles. The van der Waals surface area contributed by atoms with Crippen LogP contribution in [-0.2, 0) is 11.2 Å². The minimum atomic E-state index is -0.331. The molecular weight excluding hydrogens is 224 g/mol. The third kappa shape index (κ3) is 3.56. The van der Waals surface area contributed by atoms with E-state index in [4.69, 9.17) is 4.74 Å². The Balaban J connectivity index is 1.99. The molecular formula is C16H24O2. The normalized spacial score (nSPS) is 19.1. The van der Waals surface area contributed by atoms with Gasteiger partial charge in [-0.15, -0.1) is 0 Å². The zero-order valence-electron chi connectivity index (χ0n) is 11.4. The van der Waals surface area contributed by atoms with Crippen molar-refractivity contribution in [2.45, 2.75) is 39.2 Å². The van der Waals surface area contributed by atoms with Crippen LogP contribution in [0.2, 0.25) is 0 Å². The maximum Gasteiger partial charge on any atom is 0.0819 e. The van der Waals surface area contributed by atoms with Crippen molar-refractivity contribution in [3.8, 4) is 0 Å². The molecule has 1 fully saturated rings. The Hall–Kier alpha value is -0.860. The number of aliphatic hydroxyl groups is 1. The van der Waals surface area contributed by atoms with E-state index < -0.39 is 0 Å². The highest BCUT2D eigenvalue weighted by molar-refractivity contribution is 5.25. The summed E-state index contributed by atoms with van der Waals surface area (Å²) < 4.78 is 5.34. The van der Waals surface area contributed by atoms with Gasteiger partial charge < -0.3 is 9.84 Å². The maximum absolute atomic E-state index is 10.4. The van der Waals surface area contributed by atoms with Crippen molar-refractivity contribution in [3.63, 3.8) is 0 Å². The van der Waals surface area contributed by atoms with Crippen molar-refractivity contribution < 1.29 is 9.84 Å². The molecule has 1 aromatic rings. The average Bonchev–Trinajstić information content (AvgIpc) is 2.39. The van der Waals surface area contributed by atoms with E-state index >= 15 is 0 Å². The van der Waals surface area contributed by atoms with Gasteiger partial charge >= 0.3 is 0 Å². The summed E-state index contributed by atoms with van der Waals surface area (Å²) in [5, 5.41) is 10.4. The van der Waals surface area contributed by atoms with Crippen LogP contribution in [0.15, 0.2) is 24.3 Å². The molecule has 1 heterocycles. The molecule has 1 unspecified atom stereocenters. The minimum Gasteiger partial charge on any atom is -0.388 e. The van der Waals surface area contributed by atoms with Crippen LogP contribution in [-0.4, -0.2) is 18.3 Å². The highest BCUT2D eigenvalue weighted by Crippen LogP contribution is 2.30. The van der Waals surface area contributed by atoms with E-state index in [9.17, 15) is 5.11 Å². The monoisotopic (exact) mass is 248 g/mol. The summed E-state index contributed by atoms with van der Waals surface area (Å²) in [6.45, 7) is 6.02. The van der Waals surface area contributed by atoms with Gasteiger partial charge in [-0.05, 0) is 42.2 Å². The van der Waals surface area contributed by atoms with E-state index in [1.54, 1.807) is 0 Å². The minimum absolute atomic E-state index is 0.331. The van der Waals surface area contributed by atoms with Gasteiger partial charge in [-0.1, -0.05) is 38.1 Å². The van der Waals surface area contributed by atoms with Crippen LogP contribution >= 0.6 is 0 Å². The molecule has 0 amide bonds. The van der Waals surface area contributed by atoms with Crippen molar-refractivity contribution in [1.82, 2.24) is 0 Å². The molecule has 2 heteroatoms. The van der Waals surface area contributed by atoms with Gasteiger partial charge in [0.1, 0.15) is 0 Å². The molecule has 1 aliphatic heterocycles. The van der Waals surface area contributed by atoms with Gasteiger partial charge in [0.15, 0.2) is 0 Å². The Labute approximate surface area is 110 Å². The Kier molecular flexibility index (Phi) is 4.79. The zero-order chi connectivity index (χ0) is 13.0. The number of hydrogen-bond acceptors (Lipinski definition) is 2. The second-order valence-electron chi connectivity index (χ2n) is 5.73. The topological polar surface area (TPSA) is 29.5 Å². The molecule has 100 valence electrons. The lowest BCUT2D eigenvalue weighted by Gasteiger charge is -2.27. The van der Waals surface area contributed by atoms with E-state index in [0.717, 1.165) is 38.0 Å². The summed E-state index contributed by atoms with van der Waals surface area (Å²) >= 11 is 0. The van der Waals surface area contributed by atoms with Crippen LogP contribution in [0.25, 0.3) is 0 Å². The van der Waals surface area contributed by atoms with Crippen molar-refractivity contribution in [3.05, 3.63) is 35.4 Å². The van der Waals surface area contributed by atoms with Gasteiger partial charge in [0.2, 0.25) is 0 Å². The number of aliphatic hydroxyl groups excluding tert-OH is 1. The average molecular weight is 248 g/mol. The highest BCUT2D eigenvalue weighted by Gasteiger charge is 2.23. The maximum atomic E-state index is 10.4. The molecule has 1 aromatic carbocycles. The SMILES string of the molecule is CC(C)Cc1ccc(C(O)C2CCOCC2)cc1. The molecule has 0 spiro atoms. The summed E-state index contributed by atoms with van der Waals surface area (Å²) in [7, 11) is 0. The molecule has 0 saturated carbocycles. The van der Waals surface area contributed by atoms with Gasteiger partial charge in [-0.3, -0.25) is 0 Å². The molecule has 1 aliphatic rings. The molecule has 2 nitrogen and oxygen atoms in total. The Bertz CT molecular complexity index is 350. The molecule has 1 saturated heterocycles. The van der Waals surface area contributed by atoms with E-state index in [-0.39, 0.29) is 6.10 Å². The number of benzene rings is 1. The first-order valence-electron chi connectivity index (χ1n) is 7.01. The zero-order valence-corrected chi connectivity index (χ0v) is 11.4. The van der Waals surface area contributed by atoms with E-state index in [0.29, 0.717) is 11.8 Å². The van der Waals surface area contributed by atoms with Crippen molar-refractivity contribution in [2.24, 2.45) is 11.8 Å². The lowest BCUT2D eigenvalue weighted by atomic mass is 9.89. The first-order chi connectivity index (χ1) is 8.66. The van der Waals surface area contributed by atoms with Crippen LogP contribution < -0.4 is 0 Å². The van der Waals surface area contributed by atoms with Crippen LogP contribution in [0, 0.1) is 11.8 Å². The van der Waals surface area contributed by atoms with Gasteiger partial charge in [0, 0.05) is 13.2 Å². The van der Waals surface area contributed by atoms with Gasteiger partial charge in [-0.2, -0.15) is 0 Å². The fourth-order valence-electron chi connectivity index (χ4n) is 2.63. The van der Waals surface area contributed by atoms with Gasteiger partial charge in [0.05, 0.1) is 6.10 Å². The summed E-state index contributed by atoms with van der Waals surface area (Å²) in [5.41, 5.74) is 2.40. The second-order valence-corrected chi connectivity index (χ2v) is 5.73. The van der Waals surface area contributed by atoms with E-state index in [1.165, 1.54) is 5.56 Å². The molecule has 0 bridgehead atoms. The largest absolute Gasteiger partial charge is 0.388 e. The van der Waals surface area contributed by atoms with Gasteiger partial charge in [-0.25, -0.2) is 0 Å². The van der Waals surface area contributed by atoms with Crippen LogP contribution in [0.3, 0.4) is 0 Å². The van der Waals surface area contributed by atoms with Crippen LogP contribution in [0.1, 0.15) is 43.9 Å². The highest BCUT2D eigenvalue weighted by atomic mass is 16.5. The number of hydrogen-bond donors (Lipinski definition) is 1. The first kappa shape index (κ1) is 13.6. The number of ether oxygens (including phenoxy) is 1. The van der Waals surface area contributed by atoms with E-state index in [1.807, 2.05) is 0 Å². The second kappa shape index (κ2) is 6.35. The molecule has 1 N–H and O–H groups in total. The van der Waals surface area contributed by atoms with Gasteiger partial charge in [0.25, 0.3) is 0 Å². The van der Waals surface area contributed by atoms with Crippen LogP contribution in [0.4, 0.5) is 0 Å². The summed E-state index contributed by atoms with van der Waals surface area (Å²) in [6, 6.07) is 8.46. The standard InChI is InChI=1S/C16H24O2/c1-12(2)11-13-3-5-14(6-4-13)16(17)15-7-9-18-10-8-15/h3-6,12,15-17H,7-11H2,1-2H3.